The number of nitriles is 1. The van der Waals surface area contributed by atoms with Crippen LogP contribution in [0.2, 0.25) is 0 Å². The van der Waals surface area contributed by atoms with Crippen molar-refractivity contribution in [2.24, 2.45) is 0 Å². The van der Waals surface area contributed by atoms with E-state index in [0.717, 1.165) is 16.6 Å². The second-order valence-corrected chi connectivity index (χ2v) is 6.98. The number of fused-ring (bicyclic) bond motifs is 1. The molecule has 0 aliphatic rings. The van der Waals surface area contributed by atoms with Gasteiger partial charge in [0.05, 0.1) is 23.2 Å². The van der Waals surface area contributed by atoms with Gasteiger partial charge < -0.3 is 14.5 Å². The Bertz CT molecular complexity index is 1130. The largest absolute Gasteiger partial charge is 0.490 e. The van der Waals surface area contributed by atoms with Crippen LogP contribution in [0.3, 0.4) is 0 Å². The van der Waals surface area contributed by atoms with E-state index in [0.29, 0.717) is 39.5 Å². The summed E-state index contributed by atoms with van der Waals surface area (Å²) in [6.45, 7) is 5.58. The highest BCUT2D eigenvalue weighted by molar-refractivity contribution is 9.10. The number of imidazole rings is 1. The zero-order chi connectivity index (χ0) is 20.3. The smallest absolute Gasteiger partial charge is 0.308 e. The van der Waals surface area contributed by atoms with Gasteiger partial charge in [0.1, 0.15) is 11.9 Å². The number of allylic oxidation sites excluding steroid dienone is 1. The third-order valence-corrected chi connectivity index (χ3v) is 4.62. The third kappa shape index (κ3) is 4.24. The van der Waals surface area contributed by atoms with E-state index in [2.05, 4.69) is 32.0 Å². The summed E-state index contributed by atoms with van der Waals surface area (Å²) in [5, 5.41) is 9.66. The number of hydrogen-bond donors (Lipinski definition) is 1. The molecule has 0 aliphatic carbocycles. The number of nitrogens with zero attached hydrogens (tertiary/aromatic N) is 2. The first-order valence-corrected chi connectivity index (χ1v) is 9.44. The van der Waals surface area contributed by atoms with Crippen LogP contribution >= 0.6 is 15.9 Å². The predicted molar refractivity (Wildman–Crippen MR) is 111 cm³/mol. The van der Waals surface area contributed by atoms with E-state index in [1.807, 2.05) is 32.0 Å². The van der Waals surface area contributed by atoms with Crippen molar-refractivity contribution in [3.8, 4) is 17.6 Å². The van der Waals surface area contributed by atoms with Gasteiger partial charge in [-0.05, 0) is 55.3 Å². The number of H-pyrrole nitrogens is 1. The topological polar surface area (TPSA) is 88.0 Å². The van der Waals surface area contributed by atoms with Gasteiger partial charge >= 0.3 is 5.97 Å². The lowest BCUT2D eigenvalue weighted by Crippen LogP contribution is -2.04. The van der Waals surface area contributed by atoms with E-state index in [1.165, 1.54) is 6.92 Å². The molecule has 2 aromatic carbocycles. The highest BCUT2D eigenvalue weighted by Crippen LogP contribution is 2.35. The van der Waals surface area contributed by atoms with E-state index in [-0.39, 0.29) is 0 Å². The lowest BCUT2D eigenvalue weighted by Gasteiger charge is -2.12. The fourth-order valence-electron chi connectivity index (χ4n) is 2.72. The average Bonchev–Trinajstić information content (AvgIpc) is 3.05. The fourth-order valence-corrected chi connectivity index (χ4v) is 3.16. The second kappa shape index (κ2) is 8.28. The molecule has 0 fully saturated rings. The quantitative estimate of drug-likeness (QED) is 0.342. The van der Waals surface area contributed by atoms with Gasteiger partial charge in [0.15, 0.2) is 11.5 Å². The number of carbonyl (C=O) groups excluding carboxylic acids is 1. The molecule has 142 valence electrons. The van der Waals surface area contributed by atoms with Crippen LogP contribution in [0, 0.1) is 18.3 Å². The molecule has 1 N–H and O–H groups in total. The van der Waals surface area contributed by atoms with Crippen molar-refractivity contribution in [1.82, 2.24) is 9.97 Å². The Hall–Kier alpha value is -3.11. The molecule has 0 radical (unpaired) electrons. The monoisotopic (exact) mass is 439 g/mol. The summed E-state index contributed by atoms with van der Waals surface area (Å²) in [6, 6.07) is 11.4. The molecule has 6 nitrogen and oxygen atoms in total. The summed E-state index contributed by atoms with van der Waals surface area (Å²) in [4.78, 5) is 19.0. The summed E-state index contributed by atoms with van der Waals surface area (Å²) in [5.74, 6) is 0.782. The first kappa shape index (κ1) is 19.6. The first-order chi connectivity index (χ1) is 13.4. The van der Waals surface area contributed by atoms with Crippen LogP contribution in [-0.2, 0) is 4.79 Å². The first-order valence-electron chi connectivity index (χ1n) is 8.64. The summed E-state index contributed by atoms with van der Waals surface area (Å²) in [7, 11) is 0. The van der Waals surface area contributed by atoms with Gasteiger partial charge in [-0.1, -0.05) is 22.0 Å². The zero-order valence-electron chi connectivity index (χ0n) is 15.7. The molecule has 1 aromatic heterocycles. The van der Waals surface area contributed by atoms with E-state index >= 15 is 0 Å². The highest BCUT2D eigenvalue weighted by Gasteiger charge is 2.14. The van der Waals surface area contributed by atoms with Gasteiger partial charge in [0.25, 0.3) is 0 Å². The average molecular weight is 440 g/mol. The Balaban J connectivity index is 2.07. The minimum atomic E-state index is -0.438. The molecule has 7 heteroatoms. The van der Waals surface area contributed by atoms with Gasteiger partial charge in [-0.15, -0.1) is 0 Å². The maximum atomic E-state index is 11.3. The van der Waals surface area contributed by atoms with Crippen LogP contribution in [0.5, 0.6) is 11.5 Å². The van der Waals surface area contributed by atoms with Gasteiger partial charge in [0.2, 0.25) is 0 Å². The minimum Gasteiger partial charge on any atom is -0.490 e. The molecule has 0 amide bonds. The number of aromatic amines is 1. The summed E-state index contributed by atoms with van der Waals surface area (Å²) >= 11 is 3.47. The number of aromatic nitrogens is 2. The highest BCUT2D eigenvalue weighted by atomic mass is 79.9. The molecule has 1 heterocycles. The third-order valence-electron chi connectivity index (χ3n) is 3.93. The number of halogens is 1. The van der Waals surface area contributed by atoms with E-state index in [9.17, 15) is 10.1 Å². The van der Waals surface area contributed by atoms with Crippen LogP contribution in [0.15, 0.2) is 34.8 Å². The van der Waals surface area contributed by atoms with Crippen molar-refractivity contribution in [3.63, 3.8) is 0 Å². The van der Waals surface area contributed by atoms with Crippen molar-refractivity contribution in [2.45, 2.75) is 20.8 Å². The van der Waals surface area contributed by atoms with Crippen LogP contribution in [0.4, 0.5) is 0 Å². The molecule has 0 saturated carbocycles. The molecule has 28 heavy (non-hydrogen) atoms. The van der Waals surface area contributed by atoms with E-state index < -0.39 is 5.97 Å². The molecule has 0 atom stereocenters. The van der Waals surface area contributed by atoms with Crippen LogP contribution in [-0.4, -0.2) is 22.5 Å². The van der Waals surface area contributed by atoms with E-state index in [1.54, 1.807) is 18.2 Å². The van der Waals surface area contributed by atoms with Crippen molar-refractivity contribution in [3.05, 3.63) is 51.8 Å². The Kier molecular flexibility index (Phi) is 5.81. The number of nitrogens with one attached hydrogen (secondary N) is 1. The summed E-state index contributed by atoms with van der Waals surface area (Å²) in [5.41, 5.74) is 3.84. The number of esters is 1. The normalized spacial score (nSPS) is 11.3. The number of benzene rings is 2. The number of aryl methyl sites for hydroxylation is 1. The Morgan fingerprint density at radius 3 is 2.79 bits per heavy atom. The molecule has 3 rings (SSSR count). The van der Waals surface area contributed by atoms with Crippen molar-refractivity contribution in [2.75, 3.05) is 6.61 Å². The van der Waals surface area contributed by atoms with Crippen molar-refractivity contribution >= 4 is 44.6 Å². The molecule has 0 unspecified atom stereocenters. The van der Waals surface area contributed by atoms with Gasteiger partial charge in [-0.25, -0.2) is 4.98 Å². The van der Waals surface area contributed by atoms with Crippen LogP contribution < -0.4 is 9.47 Å². The second-order valence-electron chi connectivity index (χ2n) is 6.12. The fraction of sp³-hybridized carbons (Fsp3) is 0.190. The SMILES string of the molecule is CCOc1cc(/C=C(\C#N)c2nc3ccc(C)cc3[nH]2)c(Br)cc1OC(C)=O. The van der Waals surface area contributed by atoms with Crippen LogP contribution in [0.25, 0.3) is 22.7 Å². The molecule has 0 saturated heterocycles. The lowest BCUT2D eigenvalue weighted by molar-refractivity contribution is -0.132. The maximum Gasteiger partial charge on any atom is 0.308 e. The molecule has 0 aliphatic heterocycles. The number of rotatable bonds is 5. The summed E-state index contributed by atoms with van der Waals surface area (Å²) in [6.07, 6.45) is 1.70. The molecular formula is C21H18BrN3O3. The predicted octanol–water partition coefficient (Wildman–Crippen LogP) is 5.02. The number of hydrogen-bond acceptors (Lipinski definition) is 5. The molecule has 0 spiro atoms. The van der Waals surface area contributed by atoms with Gasteiger partial charge in [0, 0.05) is 11.4 Å². The van der Waals surface area contributed by atoms with Crippen molar-refractivity contribution < 1.29 is 14.3 Å². The Morgan fingerprint density at radius 2 is 2.11 bits per heavy atom. The Labute approximate surface area is 170 Å². The van der Waals surface area contributed by atoms with E-state index in [4.69, 9.17) is 9.47 Å². The molecule has 0 bridgehead atoms. The molecule has 3 aromatic rings. The van der Waals surface area contributed by atoms with Crippen molar-refractivity contribution in [1.29, 1.82) is 5.26 Å². The van der Waals surface area contributed by atoms with Gasteiger partial charge in [-0.2, -0.15) is 5.26 Å². The summed E-state index contributed by atoms with van der Waals surface area (Å²) < 4.78 is 11.4. The standard InChI is InChI=1S/C21H18BrN3O3/c1-4-27-19-9-14(16(22)10-20(19)28-13(3)26)8-15(11-23)21-24-17-6-5-12(2)7-18(17)25-21/h5-10H,4H2,1-3H3,(H,24,25)/b15-8+. The number of carbonyl (C=O) groups is 1. The Morgan fingerprint density at radius 1 is 1.32 bits per heavy atom. The molecular weight excluding hydrogens is 422 g/mol. The minimum absolute atomic E-state index is 0.316. The lowest BCUT2D eigenvalue weighted by atomic mass is 10.1. The maximum absolute atomic E-state index is 11.3. The zero-order valence-corrected chi connectivity index (χ0v) is 17.3. The van der Waals surface area contributed by atoms with Gasteiger partial charge in [-0.3, -0.25) is 4.79 Å². The number of ether oxygens (including phenoxy) is 2. The van der Waals surface area contributed by atoms with Crippen LogP contribution in [0.1, 0.15) is 30.8 Å².